The van der Waals surface area contributed by atoms with Crippen molar-refractivity contribution in [1.29, 1.82) is 0 Å². The van der Waals surface area contributed by atoms with Crippen molar-refractivity contribution < 1.29 is 14.0 Å². The second-order valence-electron chi connectivity index (χ2n) is 6.19. The van der Waals surface area contributed by atoms with E-state index < -0.39 is 0 Å². The molecule has 144 valence electrons. The third-order valence-electron chi connectivity index (χ3n) is 4.32. The molecule has 0 bridgehead atoms. The van der Waals surface area contributed by atoms with Crippen LogP contribution in [0.5, 0.6) is 0 Å². The molecule has 1 aromatic carbocycles. The molecule has 0 saturated carbocycles. The number of nitrogens with one attached hydrogen (secondary N) is 1. The standard InChI is InChI=1S/C18H23N5O3S/c1-3-17-20-21-18(26-17)27-12-16(25)19-14-4-6-15(7-5-14)23-10-8-22(9-11-23)13(2)24/h4-7H,3,8-12H2,1-2H3,(H,19,25). The fourth-order valence-corrected chi connectivity index (χ4v) is 3.38. The van der Waals surface area contributed by atoms with Gasteiger partial charge in [-0.1, -0.05) is 18.7 Å². The monoisotopic (exact) mass is 389 g/mol. The van der Waals surface area contributed by atoms with E-state index in [9.17, 15) is 9.59 Å². The minimum atomic E-state index is -0.126. The SMILES string of the molecule is CCc1nnc(SCC(=O)Nc2ccc(N3CCN(C(C)=O)CC3)cc2)o1. The van der Waals surface area contributed by atoms with Gasteiger partial charge in [0.15, 0.2) is 0 Å². The van der Waals surface area contributed by atoms with Crippen molar-refractivity contribution in [3.05, 3.63) is 30.2 Å². The first kappa shape index (κ1) is 19.2. The van der Waals surface area contributed by atoms with Crippen LogP contribution in [0.3, 0.4) is 0 Å². The minimum Gasteiger partial charge on any atom is -0.416 e. The molecule has 1 fully saturated rings. The Bertz CT molecular complexity index is 785. The Labute approximate surface area is 162 Å². The van der Waals surface area contributed by atoms with E-state index in [0.717, 1.165) is 37.6 Å². The number of piperazine rings is 1. The topological polar surface area (TPSA) is 91.6 Å². The quantitative estimate of drug-likeness (QED) is 0.756. The van der Waals surface area contributed by atoms with Gasteiger partial charge in [-0.2, -0.15) is 0 Å². The Hall–Kier alpha value is -2.55. The summed E-state index contributed by atoms with van der Waals surface area (Å²) >= 11 is 1.22. The van der Waals surface area contributed by atoms with Gasteiger partial charge in [0.25, 0.3) is 5.22 Å². The summed E-state index contributed by atoms with van der Waals surface area (Å²) in [5.41, 5.74) is 1.83. The molecule has 0 radical (unpaired) electrons. The zero-order valence-corrected chi connectivity index (χ0v) is 16.3. The molecule has 2 heterocycles. The van der Waals surface area contributed by atoms with Crippen molar-refractivity contribution in [3.63, 3.8) is 0 Å². The van der Waals surface area contributed by atoms with Crippen LogP contribution in [0.15, 0.2) is 33.9 Å². The molecule has 9 heteroatoms. The molecule has 2 amide bonds. The van der Waals surface area contributed by atoms with Crippen LogP contribution in [0.4, 0.5) is 11.4 Å². The Morgan fingerprint density at radius 1 is 1.15 bits per heavy atom. The Kier molecular flexibility index (Phi) is 6.33. The second kappa shape index (κ2) is 8.90. The Morgan fingerprint density at radius 2 is 1.85 bits per heavy atom. The van der Waals surface area contributed by atoms with Crippen molar-refractivity contribution in [3.8, 4) is 0 Å². The van der Waals surface area contributed by atoms with Crippen LogP contribution in [0, 0.1) is 0 Å². The molecule has 2 aromatic rings. The molecule has 1 aliphatic heterocycles. The maximum Gasteiger partial charge on any atom is 0.277 e. The highest BCUT2D eigenvalue weighted by Crippen LogP contribution is 2.21. The predicted octanol–water partition coefficient (Wildman–Crippen LogP) is 2.03. The van der Waals surface area contributed by atoms with Crippen LogP contribution < -0.4 is 10.2 Å². The number of amides is 2. The molecule has 1 N–H and O–H groups in total. The van der Waals surface area contributed by atoms with E-state index in [1.807, 2.05) is 36.1 Å². The minimum absolute atomic E-state index is 0.122. The highest BCUT2D eigenvalue weighted by Gasteiger charge is 2.18. The lowest BCUT2D eigenvalue weighted by Crippen LogP contribution is -2.48. The highest BCUT2D eigenvalue weighted by atomic mass is 32.2. The molecule has 3 rings (SSSR count). The number of aromatic nitrogens is 2. The number of hydrogen-bond acceptors (Lipinski definition) is 7. The zero-order chi connectivity index (χ0) is 19.2. The Morgan fingerprint density at radius 3 is 2.44 bits per heavy atom. The van der Waals surface area contributed by atoms with E-state index in [0.29, 0.717) is 17.5 Å². The van der Waals surface area contributed by atoms with Crippen molar-refractivity contribution in [2.24, 2.45) is 0 Å². The van der Waals surface area contributed by atoms with Crippen molar-refractivity contribution in [2.45, 2.75) is 25.5 Å². The summed E-state index contributed by atoms with van der Waals surface area (Å²) in [6.45, 7) is 6.63. The van der Waals surface area contributed by atoms with Gasteiger partial charge in [0, 0.05) is 50.9 Å². The van der Waals surface area contributed by atoms with Gasteiger partial charge < -0.3 is 19.5 Å². The summed E-state index contributed by atoms with van der Waals surface area (Å²) in [5, 5.41) is 11.0. The predicted molar refractivity (Wildman–Crippen MR) is 104 cm³/mol. The molecule has 0 atom stereocenters. The van der Waals surface area contributed by atoms with Crippen LogP contribution >= 0.6 is 11.8 Å². The molecular weight excluding hydrogens is 366 g/mol. The van der Waals surface area contributed by atoms with Crippen LogP contribution in [-0.4, -0.2) is 58.8 Å². The van der Waals surface area contributed by atoms with Gasteiger partial charge in [-0.05, 0) is 24.3 Å². The summed E-state index contributed by atoms with van der Waals surface area (Å²) in [6.07, 6.45) is 0.676. The number of carbonyl (C=O) groups excluding carboxylic acids is 2. The Balaban J connectivity index is 1.47. The van der Waals surface area contributed by atoms with Gasteiger partial charge >= 0.3 is 0 Å². The van der Waals surface area contributed by atoms with Crippen molar-refractivity contribution in [1.82, 2.24) is 15.1 Å². The van der Waals surface area contributed by atoms with E-state index in [2.05, 4.69) is 20.4 Å². The van der Waals surface area contributed by atoms with Crippen molar-refractivity contribution >= 4 is 35.0 Å². The maximum atomic E-state index is 12.1. The molecule has 0 unspecified atom stereocenters. The van der Waals surface area contributed by atoms with Gasteiger partial charge in [0.05, 0.1) is 5.75 Å². The number of carbonyl (C=O) groups is 2. The fraction of sp³-hybridized carbons (Fsp3) is 0.444. The van der Waals surface area contributed by atoms with Gasteiger partial charge in [0.2, 0.25) is 17.7 Å². The third kappa shape index (κ3) is 5.22. The zero-order valence-electron chi connectivity index (χ0n) is 15.5. The molecule has 0 aliphatic carbocycles. The average molecular weight is 389 g/mol. The summed E-state index contributed by atoms with van der Waals surface area (Å²) in [6, 6.07) is 7.74. The van der Waals surface area contributed by atoms with E-state index in [-0.39, 0.29) is 17.6 Å². The molecular formula is C18H23N5O3S. The van der Waals surface area contributed by atoms with Gasteiger partial charge in [0.1, 0.15) is 0 Å². The molecule has 1 aliphatic rings. The van der Waals surface area contributed by atoms with Gasteiger partial charge in [-0.3, -0.25) is 9.59 Å². The van der Waals surface area contributed by atoms with E-state index >= 15 is 0 Å². The normalized spacial score (nSPS) is 14.3. The first-order chi connectivity index (χ1) is 13.0. The number of anilines is 2. The number of rotatable bonds is 6. The van der Waals surface area contributed by atoms with Crippen molar-refractivity contribution in [2.75, 3.05) is 42.1 Å². The summed E-state index contributed by atoms with van der Waals surface area (Å²) in [7, 11) is 0. The number of benzene rings is 1. The second-order valence-corrected chi connectivity index (χ2v) is 7.12. The largest absolute Gasteiger partial charge is 0.416 e. The van der Waals surface area contributed by atoms with E-state index in [1.54, 1.807) is 6.92 Å². The van der Waals surface area contributed by atoms with Gasteiger partial charge in [-0.15, -0.1) is 10.2 Å². The fourth-order valence-electron chi connectivity index (χ4n) is 2.80. The lowest BCUT2D eigenvalue weighted by Gasteiger charge is -2.35. The molecule has 1 saturated heterocycles. The van der Waals surface area contributed by atoms with E-state index in [1.165, 1.54) is 11.8 Å². The average Bonchev–Trinajstić information content (AvgIpc) is 3.15. The van der Waals surface area contributed by atoms with Crippen LogP contribution in [0.2, 0.25) is 0 Å². The number of hydrogen-bond donors (Lipinski definition) is 1. The summed E-state index contributed by atoms with van der Waals surface area (Å²) in [5.74, 6) is 0.772. The maximum absolute atomic E-state index is 12.1. The lowest BCUT2D eigenvalue weighted by molar-refractivity contribution is -0.129. The lowest BCUT2D eigenvalue weighted by atomic mass is 10.2. The van der Waals surface area contributed by atoms with Crippen LogP contribution in [0.1, 0.15) is 19.7 Å². The number of thioether (sulfide) groups is 1. The number of aryl methyl sites for hydroxylation is 1. The third-order valence-corrected chi connectivity index (χ3v) is 5.14. The summed E-state index contributed by atoms with van der Waals surface area (Å²) in [4.78, 5) is 27.6. The van der Waals surface area contributed by atoms with E-state index in [4.69, 9.17) is 4.42 Å². The summed E-state index contributed by atoms with van der Waals surface area (Å²) < 4.78 is 5.37. The van der Waals surface area contributed by atoms with Gasteiger partial charge in [-0.25, -0.2) is 0 Å². The molecule has 8 nitrogen and oxygen atoms in total. The smallest absolute Gasteiger partial charge is 0.277 e. The first-order valence-corrected chi connectivity index (χ1v) is 9.89. The van der Waals surface area contributed by atoms with Crippen LogP contribution in [0.25, 0.3) is 0 Å². The highest BCUT2D eigenvalue weighted by molar-refractivity contribution is 7.99. The number of nitrogens with zero attached hydrogens (tertiary/aromatic N) is 4. The first-order valence-electron chi connectivity index (χ1n) is 8.90. The van der Waals surface area contributed by atoms with Crippen LogP contribution in [-0.2, 0) is 16.0 Å². The molecule has 0 spiro atoms. The molecule has 27 heavy (non-hydrogen) atoms. The molecule has 1 aromatic heterocycles.